The molecule has 4 heteroatoms. The molecule has 0 aliphatic carbocycles. The van der Waals surface area contributed by atoms with Crippen molar-refractivity contribution in [2.75, 3.05) is 19.7 Å². The van der Waals surface area contributed by atoms with Crippen LogP contribution in [0.3, 0.4) is 0 Å². The molecular weight excluding hydrogens is 178 g/mol. The summed E-state index contributed by atoms with van der Waals surface area (Å²) in [6.07, 6.45) is 4.76. The Morgan fingerprint density at radius 3 is 2.86 bits per heavy atom. The van der Waals surface area contributed by atoms with Crippen LogP contribution < -0.4 is 0 Å². The average Bonchev–Trinajstić information content (AvgIpc) is 2.58. The summed E-state index contributed by atoms with van der Waals surface area (Å²) in [5, 5.41) is 12.9. The highest BCUT2D eigenvalue weighted by molar-refractivity contribution is 5.03. The number of aliphatic hydroxyl groups is 1. The molecule has 1 N–H and O–H groups in total. The minimum Gasteiger partial charge on any atom is -0.396 e. The van der Waals surface area contributed by atoms with Gasteiger partial charge in [0.1, 0.15) is 0 Å². The third kappa shape index (κ3) is 3.47. The van der Waals surface area contributed by atoms with Gasteiger partial charge in [0, 0.05) is 38.5 Å². The average molecular weight is 197 g/mol. The van der Waals surface area contributed by atoms with Gasteiger partial charge in [0.2, 0.25) is 0 Å². The molecule has 0 aromatic carbocycles. The Labute approximate surface area is 85.1 Å². The van der Waals surface area contributed by atoms with Crippen molar-refractivity contribution in [3.05, 3.63) is 18.0 Å². The minimum absolute atomic E-state index is 0.267. The van der Waals surface area contributed by atoms with Crippen LogP contribution in [0.5, 0.6) is 0 Å². The van der Waals surface area contributed by atoms with Gasteiger partial charge in [-0.3, -0.25) is 9.58 Å². The van der Waals surface area contributed by atoms with E-state index in [2.05, 4.69) is 16.9 Å². The summed E-state index contributed by atoms with van der Waals surface area (Å²) in [5.74, 6) is 0. The lowest BCUT2D eigenvalue weighted by Gasteiger charge is -2.18. The van der Waals surface area contributed by atoms with Crippen molar-refractivity contribution >= 4 is 0 Å². The van der Waals surface area contributed by atoms with E-state index in [0.717, 1.165) is 26.1 Å². The normalized spacial score (nSPS) is 11.1. The zero-order valence-electron chi connectivity index (χ0n) is 8.98. The zero-order valence-corrected chi connectivity index (χ0v) is 8.98. The fourth-order valence-electron chi connectivity index (χ4n) is 1.46. The summed E-state index contributed by atoms with van der Waals surface area (Å²) in [6, 6.07) is 0. The van der Waals surface area contributed by atoms with Crippen LogP contribution >= 0.6 is 0 Å². The molecule has 0 bridgehead atoms. The van der Waals surface area contributed by atoms with E-state index in [1.165, 1.54) is 5.56 Å². The predicted octanol–water partition coefficient (Wildman–Crippen LogP) is 0.624. The maximum Gasteiger partial charge on any atom is 0.0534 e. The first-order valence-electron chi connectivity index (χ1n) is 5.07. The fraction of sp³-hybridized carbons (Fsp3) is 0.700. The van der Waals surface area contributed by atoms with E-state index in [-0.39, 0.29) is 6.61 Å². The fourth-order valence-corrected chi connectivity index (χ4v) is 1.46. The molecule has 4 nitrogen and oxygen atoms in total. The van der Waals surface area contributed by atoms with Crippen LogP contribution in [-0.2, 0) is 13.6 Å². The number of nitrogens with zero attached hydrogens (tertiary/aromatic N) is 3. The molecule has 1 rings (SSSR count). The second-order valence-corrected chi connectivity index (χ2v) is 3.47. The SMILES string of the molecule is CCN(CCCO)Cc1cnn(C)c1. The quantitative estimate of drug-likeness (QED) is 0.727. The minimum atomic E-state index is 0.267. The maximum absolute atomic E-state index is 8.74. The Morgan fingerprint density at radius 1 is 1.57 bits per heavy atom. The van der Waals surface area contributed by atoms with Crippen LogP contribution in [0.4, 0.5) is 0 Å². The maximum atomic E-state index is 8.74. The zero-order chi connectivity index (χ0) is 10.4. The third-order valence-electron chi connectivity index (χ3n) is 2.24. The lowest BCUT2D eigenvalue weighted by Crippen LogP contribution is -2.24. The van der Waals surface area contributed by atoms with Crippen LogP contribution in [0, 0.1) is 0 Å². The Morgan fingerprint density at radius 2 is 2.36 bits per heavy atom. The van der Waals surface area contributed by atoms with Crippen LogP contribution in [0.1, 0.15) is 18.9 Å². The molecule has 0 aliphatic heterocycles. The Kier molecular flexibility index (Phi) is 4.62. The summed E-state index contributed by atoms with van der Waals surface area (Å²) in [6.45, 7) is 5.28. The van der Waals surface area contributed by atoms with Gasteiger partial charge < -0.3 is 5.11 Å². The monoisotopic (exact) mass is 197 g/mol. The van der Waals surface area contributed by atoms with Gasteiger partial charge in [-0.1, -0.05) is 6.92 Å². The van der Waals surface area contributed by atoms with Crippen molar-refractivity contribution in [3.63, 3.8) is 0 Å². The van der Waals surface area contributed by atoms with Crippen molar-refractivity contribution in [1.29, 1.82) is 0 Å². The number of aromatic nitrogens is 2. The number of aliphatic hydroxyl groups excluding tert-OH is 1. The molecule has 1 aromatic rings. The number of aryl methyl sites for hydroxylation is 1. The molecule has 80 valence electrons. The standard InChI is InChI=1S/C10H19N3O/c1-3-13(5-4-6-14)9-10-7-11-12(2)8-10/h7-8,14H,3-6,9H2,1-2H3. The van der Waals surface area contributed by atoms with E-state index in [4.69, 9.17) is 5.11 Å². The van der Waals surface area contributed by atoms with Crippen molar-refractivity contribution in [3.8, 4) is 0 Å². The van der Waals surface area contributed by atoms with E-state index < -0.39 is 0 Å². The molecular formula is C10H19N3O. The van der Waals surface area contributed by atoms with Crippen LogP contribution in [0.15, 0.2) is 12.4 Å². The van der Waals surface area contributed by atoms with E-state index in [0.29, 0.717) is 0 Å². The van der Waals surface area contributed by atoms with Crippen LogP contribution in [0.25, 0.3) is 0 Å². The molecule has 1 aromatic heterocycles. The number of hydrogen-bond donors (Lipinski definition) is 1. The van der Waals surface area contributed by atoms with E-state index >= 15 is 0 Å². The highest BCUT2D eigenvalue weighted by atomic mass is 16.3. The van der Waals surface area contributed by atoms with E-state index in [1.54, 1.807) is 0 Å². The number of rotatable bonds is 6. The summed E-state index contributed by atoms with van der Waals surface area (Å²) in [7, 11) is 1.92. The first kappa shape index (κ1) is 11.2. The summed E-state index contributed by atoms with van der Waals surface area (Å²) < 4.78 is 1.81. The topological polar surface area (TPSA) is 41.3 Å². The van der Waals surface area contributed by atoms with Gasteiger partial charge in [-0.05, 0) is 13.0 Å². The first-order chi connectivity index (χ1) is 6.76. The second-order valence-electron chi connectivity index (χ2n) is 3.47. The van der Waals surface area contributed by atoms with Gasteiger partial charge in [0.25, 0.3) is 0 Å². The molecule has 0 amide bonds. The summed E-state index contributed by atoms with van der Waals surface area (Å²) in [4.78, 5) is 2.30. The van der Waals surface area contributed by atoms with Gasteiger partial charge in [-0.15, -0.1) is 0 Å². The van der Waals surface area contributed by atoms with Crippen LogP contribution in [0.2, 0.25) is 0 Å². The Hall–Kier alpha value is -0.870. The van der Waals surface area contributed by atoms with Gasteiger partial charge in [0.15, 0.2) is 0 Å². The Bertz CT molecular complexity index is 260. The van der Waals surface area contributed by atoms with Crippen molar-refractivity contribution in [1.82, 2.24) is 14.7 Å². The second kappa shape index (κ2) is 5.78. The molecule has 0 saturated carbocycles. The summed E-state index contributed by atoms with van der Waals surface area (Å²) in [5.41, 5.74) is 1.23. The predicted molar refractivity (Wildman–Crippen MR) is 55.9 cm³/mol. The molecule has 14 heavy (non-hydrogen) atoms. The van der Waals surface area contributed by atoms with Gasteiger partial charge in [-0.2, -0.15) is 5.10 Å². The van der Waals surface area contributed by atoms with E-state index in [1.807, 2.05) is 24.1 Å². The van der Waals surface area contributed by atoms with Crippen molar-refractivity contribution < 1.29 is 5.11 Å². The molecule has 0 radical (unpaired) electrons. The number of hydrogen-bond acceptors (Lipinski definition) is 3. The summed E-state index contributed by atoms with van der Waals surface area (Å²) >= 11 is 0. The Balaban J connectivity index is 2.40. The van der Waals surface area contributed by atoms with Gasteiger partial charge >= 0.3 is 0 Å². The molecule has 0 aliphatic rings. The van der Waals surface area contributed by atoms with Crippen molar-refractivity contribution in [2.45, 2.75) is 19.9 Å². The molecule has 0 saturated heterocycles. The third-order valence-corrected chi connectivity index (χ3v) is 2.24. The largest absolute Gasteiger partial charge is 0.396 e. The smallest absolute Gasteiger partial charge is 0.0534 e. The lowest BCUT2D eigenvalue weighted by molar-refractivity contribution is 0.225. The van der Waals surface area contributed by atoms with Gasteiger partial charge in [-0.25, -0.2) is 0 Å². The molecule has 1 heterocycles. The molecule has 0 fully saturated rings. The highest BCUT2D eigenvalue weighted by Crippen LogP contribution is 2.03. The van der Waals surface area contributed by atoms with E-state index in [9.17, 15) is 0 Å². The van der Waals surface area contributed by atoms with Crippen molar-refractivity contribution in [2.24, 2.45) is 7.05 Å². The lowest BCUT2D eigenvalue weighted by atomic mass is 10.3. The molecule has 0 spiro atoms. The molecule has 0 atom stereocenters. The first-order valence-corrected chi connectivity index (χ1v) is 5.07. The highest BCUT2D eigenvalue weighted by Gasteiger charge is 2.04. The van der Waals surface area contributed by atoms with Crippen LogP contribution in [-0.4, -0.2) is 39.5 Å². The molecule has 0 unspecified atom stereocenters. The van der Waals surface area contributed by atoms with Gasteiger partial charge in [0.05, 0.1) is 6.20 Å².